The number of hydrogen-bond acceptors (Lipinski definition) is 5. The van der Waals surface area contributed by atoms with E-state index >= 15 is 0 Å². The Kier molecular flexibility index (Phi) is 6.87. The van der Waals surface area contributed by atoms with Gasteiger partial charge in [0.1, 0.15) is 5.75 Å². The molecule has 24 heavy (non-hydrogen) atoms. The summed E-state index contributed by atoms with van der Waals surface area (Å²) in [7, 11) is -4.92. The molecule has 1 atom stereocenters. The van der Waals surface area contributed by atoms with Gasteiger partial charge in [0, 0.05) is 5.56 Å². The van der Waals surface area contributed by atoms with E-state index in [1.165, 1.54) is 6.07 Å². The second-order valence-corrected chi connectivity index (χ2v) is 6.50. The number of carboxylic acids is 1. The predicted octanol–water partition coefficient (Wildman–Crippen LogP) is 1.78. The summed E-state index contributed by atoms with van der Waals surface area (Å²) < 4.78 is 36.6. The number of carboxylic acid groups (broad SMARTS) is 1. The lowest BCUT2D eigenvalue weighted by Gasteiger charge is -2.15. The van der Waals surface area contributed by atoms with Crippen LogP contribution in [0.5, 0.6) is 5.75 Å². The van der Waals surface area contributed by atoms with Crippen molar-refractivity contribution in [1.82, 2.24) is 0 Å². The van der Waals surface area contributed by atoms with E-state index in [1.807, 2.05) is 0 Å². The van der Waals surface area contributed by atoms with Crippen molar-refractivity contribution >= 4 is 22.1 Å². The highest BCUT2D eigenvalue weighted by molar-refractivity contribution is 7.87. The maximum atomic E-state index is 12.0. The Morgan fingerprint density at radius 2 is 1.83 bits per heavy atom. The molecule has 0 amide bonds. The van der Waals surface area contributed by atoms with Gasteiger partial charge in [-0.05, 0) is 24.5 Å². The maximum absolute atomic E-state index is 12.0. The molecule has 0 heterocycles. The Hall–Kier alpha value is -2.45. The van der Waals surface area contributed by atoms with Crippen molar-refractivity contribution in [2.24, 2.45) is 0 Å². The molecule has 7 nitrogen and oxygen atoms in total. The van der Waals surface area contributed by atoms with Crippen LogP contribution in [-0.4, -0.2) is 35.3 Å². The first-order valence-corrected chi connectivity index (χ1v) is 8.43. The number of carbonyl (C=O) groups is 2. The van der Waals surface area contributed by atoms with Gasteiger partial charge in [-0.15, -0.1) is 13.2 Å². The van der Waals surface area contributed by atoms with Crippen LogP contribution in [0.4, 0.5) is 0 Å². The van der Waals surface area contributed by atoms with E-state index in [0.717, 1.165) is 5.56 Å². The first-order valence-electron chi connectivity index (χ1n) is 6.93. The minimum Gasteiger partial charge on any atom is -0.481 e. The number of esters is 1. The number of aliphatic carboxylic acids is 1. The first-order chi connectivity index (χ1) is 11.2. The molecule has 0 aliphatic heterocycles. The largest absolute Gasteiger partial charge is 0.481 e. The molecule has 0 saturated carbocycles. The second kappa shape index (κ2) is 8.42. The van der Waals surface area contributed by atoms with E-state index in [4.69, 9.17) is 14.4 Å². The van der Waals surface area contributed by atoms with E-state index in [0.29, 0.717) is 18.4 Å². The Bertz CT molecular complexity index is 750. The summed E-state index contributed by atoms with van der Waals surface area (Å²) in [6.45, 7) is 7.24. The lowest BCUT2D eigenvalue weighted by atomic mass is 10.0. The van der Waals surface area contributed by atoms with Crippen LogP contribution < -0.4 is 4.74 Å². The Labute approximate surface area is 140 Å². The van der Waals surface area contributed by atoms with Gasteiger partial charge >= 0.3 is 11.9 Å². The predicted molar refractivity (Wildman–Crippen MR) is 87.5 cm³/mol. The van der Waals surface area contributed by atoms with Crippen LogP contribution in [0.3, 0.4) is 0 Å². The first kappa shape index (κ1) is 19.6. The molecule has 2 N–H and O–H groups in total. The molecule has 0 aromatic heterocycles. The highest BCUT2D eigenvalue weighted by atomic mass is 32.2. The van der Waals surface area contributed by atoms with E-state index in [9.17, 15) is 18.0 Å². The van der Waals surface area contributed by atoms with Gasteiger partial charge in [0.25, 0.3) is 10.1 Å². The fraction of sp³-hybridized carbons (Fsp3) is 0.250. The van der Waals surface area contributed by atoms with Gasteiger partial charge in [0.05, 0.1) is 6.42 Å². The van der Waals surface area contributed by atoms with Gasteiger partial charge in [-0.3, -0.25) is 14.1 Å². The molecular formula is C16H18O7S. The molecule has 0 aliphatic carbocycles. The molecule has 0 spiro atoms. The van der Waals surface area contributed by atoms with E-state index in [2.05, 4.69) is 13.2 Å². The van der Waals surface area contributed by atoms with Gasteiger partial charge in [-0.25, -0.2) is 0 Å². The molecule has 0 radical (unpaired) electrons. The van der Waals surface area contributed by atoms with Crippen LogP contribution in [0.15, 0.2) is 43.5 Å². The van der Waals surface area contributed by atoms with E-state index in [-0.39, 0.29) is 5.75 Å². The van der Waals surface area contributed by atoms with Crippen LogP contribution in [0, 0.1) is 0 Å². The Balaban J connectivity index is 3.20. The summed E-state index contributed by atoms with van der Waals surface area (Å²) in [4.78, 5) is 22.8. The summed E-state index contributed by atoms with van der Waals surface area (Å²) in [5.74, 6) is -2.83. The van der Waals surface area contributed by atoms with E-state index < -0.39 is 33.7 Å². The topological polar surface area (TPSA) is 118 Å². The minimum absolute atomic E-state index is 0.0817. The average Bonchev–Trinajstić information content (AvgIpc) is 2.47. The number of carbonyl (C=O) groups excluding carboxylic acids is 1. The SMILES string of the molecule is C=CCc1cccc(OC(=O)C(CC(=O)O)S(=O)(=O)O)c1CC=C. The lowest BCUT2D eigenvalue weighted by molar-refractivity contribution is -0.142. The summed E-state index contributed by atoms with van der Waals surface area (Å²) in [6, 6.07) is 4.84. The number of rotatable bonds is 9. The second-order valence-electron chi connectivity index (χ2n) is 4.90. The average molecular weight is 354 g/mol. The molecule has 0 fully saturated rings. The molecule has 0 bridgehead atoms. The van der Waals surface area contributed by atoms with Crippen molar-refractivity contribution in [2.75, 3.05) is 0 Å². The quantitative estimate of drug-likeness (QED) is 0.300. The standard InChI is InChI=1S/C16H18O7S/c1-3-6-11-8-5-9-13(12(11)7-4-2)23-16(19)14(10-15(17)18)24(20,21)22/h3-5,8-9,14H,1-2,6-7,10H2,(H,17,18)(H,20,21,22). The summed E-state index contributed by atoms with van der Waals surface area (Å²) in [6.07, 6.45) is 2.98. The maximum Gasteiger partial charge on any atom is 0.332 e. The van der Waals surface area contributed by atoms with Crippen molar-refractivity contribution in [3.63, 3.8) is 0 Å². The van der Waals surface area contributed by atoms with Gasteiger partial charge < -0.3 is 9.84 Å². The number of ether oxygens (including phenoxy) is 1. The van der Waals surface area contributed by atoms with Gasteiger partial charge in [-0.2, -0.15) is 8.42 Å². The van der Waals surface area contributed by atoms with Crippen LogP contribution in [0.1, 0.15) is 17.5 Å². The van der Waals surface area contributed by atoms with Crippen LogP contribution >= 0.6 is 0 Å². The third kappa shape index (κ3) is 5.32. The smallest absolute Gasteiger partial charge is 0.332 e. The highest BCUT2D eigenvalue weighted by Crippen LogP contribution is 2.25. The van der Waals surface area contributed by atoms with Crippen LogP contribution in [0.2, 0.25) is 0 Å². The minimum atomic E-state index is -4.92. The Morgan fingerprint density at radius 1 is 1.21 bits per heavy atom. The molecule has 0 aliphatic rings. The zero-order valence-electron chi connectivity index (χ0n) is 12.8. The Morgan fingerprint density at radius 3 is 2.33 bits per heavy atom. The molecule has 1 unspecified atom stereocenters. The van der Waals surface area contributed by atoms with Crippen LogP contribution in [-0.2, 0) is 32.5 Å². The van der Waals surface area contributed by atoms with Crippen molar-refractivity contribution in [2.45, 2.75) is 24.5 Å². The molecule has 1 aromatic rings. The molecule has 130 valence electrons. The van der Waals surface area contributed by atoms with Gasteiger partial charge in [-0.1, -0.05) is 24.3 Å². The monoisotopic (exact) mass is 354 g/mol. The van der Waals surface area contributed by atoms with Crippen molar-refractivity contribution < 1.29 is 32.4 Å². The summed E-state index contributed by atoms with van der Waals surface area (Å²) in [5.41, 5.74) is 1.40. The third-order valence-corrected chi connectivity index (χ3v) is 4.21. The fourth-order valence-corrected chi connectivity index (χ4v) is 2.72. The molecule has 0 saturated heterocycles. The van der Waals surface area contributed by atoms with E-state index in [1.54, 1.807) is 24.3 Å². The lowest BCUT2D eigenvalue weighted by Crippen LogP contribution is -2.35. The fourth-order valence-electron chi connectivity index (χ4n) is 2.07. The zero-order valence-corrected chi connectivity index (χ0v) is 13.7. The van der Waals surface area contributed by atoms with Gasteiger partial charge in [0.2, 0.25) is 0 Å². The molecule has 1 rings (SSSR count). The number of benzene rings is 1. The third-order valence-electron chi connectivity index (χ3n) is 3.14. The highest BCUT2D eigenvalue weighted by Gasteiger charge is 2.35. The molecule has 8 heteroatoms. The van der Waals surface area contributed by atoms with Crippen LogP contribution in [0.25, 0.3) is 0 Å². The summed E-state index contributed by atoms with van der Waals surface area (Å²) >= 11 is 0. The molecule has 1 aromatic carbocycles. The normalized spacial score (nSPS) is 12.2. The summed E-state index contributed by atoms with van der Waals surface area (Å²) in [5, 5.41) is 6.51. The van der Waals surface area contributed by atoms with Crippen molar-refractivity contribution in [3.05, 3.63) is 54.6 Å². The van der Waals surface area contributed by atoms with Crippen molar-refractivity contribution in [3.8, 4) is 5.75 Å². The number of hydrogen-bond donors (Lipinski definition) is 2. The molecular weight excluding hydrogens is 336 g/mol. The number of allylic oxidation sites excluding steroid dienone is 2. The van der Waals surface area contributed by atoms with Crippen molar-refractivity contribution in [1.29, 1.82) is 0 Å². The zero-order chi connectivity index (χ0) is 18.3. The van der Waals surface area contributed by atoms with Gasteiger partial charge in [0.15, 0.2) is 5.25 Å².